The molecule has 3 saturated heterocycles. The van der Waals surface area contributed by atoms with Crippen LogP contribution in [0.2, 0.25) is 0 Å². The molecule has 15 rings (SSSR count). The van der Waals surface area contributed by atoms with Gasteiger partial charge in [-0.05, 0) is 144 Å². The molecule has 12 aromatic rings. The summed E-state index contributed by atoms with van der Waals surface area (Å²) in [6.45, 7) is 24.6. The van der Waals surface area contributed by atoms with Gasteiger partial charge in [0.05, 0.1) is 131 Å². The Hall–Kier alpha value is -18.4. The first-order chi connectivity index (χ1) is 68.1. The summed E-state index contributed by atoms with van der Waals surface area (Å²) in [5.74, 6) is 1.71. The number of rotatable bonds is 35. The Balaban J connectivity index is 0.000000169. The number of aromatic nitrogens is 14. The van der Waals surface area contributed by atoms with Gasteiger partial charge in [-0.1, -0.05) is 51.1 Å². The van der Waals surface area contributed by atoms with Gasteiger partial charge in [-0.15, -0.1) is 0 Å². The predicted molar refractivity (Wildman–Crippen MR) is 522 cm³/mol. The third kappa shape index (κ3) is 31.1. The third-order valence-electron chi connectivity index (χ3n) is 20.1. The first-order valence-electron chi connectivity index (χ1n) is 43.2. The second-order valence-corrected chi connectivity index (χ2v) is 30.2. The number of carbonyl (C=O) groups excluding carboxylic acids is 8. The number of ether oxygens (including phenoxy) is 8. The Morgan fingerprint density at radius 3 is 1.11 bits per heavy atom. The Bertz CT molecular complexity index is 6280. The average molecular weight is 1920 g/mol. The lowest BCUT2D eigenvalue weighted by Gasteiger charge is -2.39. The van der Waals surface area contributed by atoms with Crippen LogP contribution in [0, 0.1) is 11.6 Å². The monoisotopic (exact) mass is 1920 g/mol. The lowest BCUT2D eigenvalue weighted by molar-refractivity contribution is -0.130. The number of anilines is 15. The number of hydrogen-bond donors (Lipinski definition) is 9. The average Bonchev–Trinajstić information content (AvgIpc) is 0.805. The molecule has 42 nitrogen and oxygen atoms in total. The van der Waals surface area contributed by atoms with Crippen molar-refractivity contribution in [1.29, 1.82) is 0 Å². The van der Waals surface area contributed by atoms with Gasteiger partial charge in [-0.3, -0.25) is 38.4 Å². The smallest absolute Gasteiger partial charge is 0.255 e. The summed E-state index contributed by atoms with van der Waals surface area (Å²) in [6.07, 6.45) is 21.1. The maximum absolute atomic E-state index is 14.1. The van der Waals surface area contributed by atoms with E-state index in [1.54, 1.807) is 157 Å². The van der Waals surface area contributed by atoms with Gasteiger partial charge < -0.3 is 100 Å². The van der Waals surface area contributed by atoms with Crippen molar-refractivity contribution in [1.82, 2.24) is 84.5 Å². The van der Waals surface area contributed by atoms with E-state index in [4.69, 9.17) is 37.9 Å². The number of amides is 5. The standard InChI is InChI=1S/C21H20N6O3.C21H19N5O4.C19H21FN4O3.C18H20FN5O3.C18H20N6O3/c1-4-18(29)24-14-6-5-7-15(10-14)25-20-17(13(2)28)12-23-21(27-20)26-16-8-9-19(30-3)22-11-16;1-4-18(28)24-14-6-5-7-16(10-14)30-20-17(13(2)27)12-23-21(26-20)25-15-8-9-19(29-3)22-11-15;1-3-17(25)24-9-5-8-15(12-24)27-18-16(20)11-21-19(23-18)22-13-6-4-7-14(10-13)26-2;1-3-16(25)24-8-4-5-13(11-24)27-17-14(19)10-21-18(23-17)22-12-6-7-15(26-2)20-9-12;1-4-16(26)24-9-13(10-24)21-17-14(11(2)25)8-20-18(23-17)22-12-5-6-15(27-3)19-7-12/h4-12H,1H2,2-3H3,(H,24,29)(H2,23,25,26,27);4-12H,1H2,2-3H3,(H,24,28)(H,23,25,26);3-4,6-7,10-11,15H,1,5,8-9,12H2,2H3,(H,21,22,23);3,6-7,9-10,13H,1,4-5,8,11H2,2H3,(H,21,22,23);4-8,13H,1,9-10H2,2-3H3,(H2,20,21,22,23)/t;;15-;;/m..1../s1. The molecule has 12 heterocycles. The summed E-state index contributed by atoms with van der Waals surface area (Å²) in [7, 11) is 7.71. The van der Waals surface area contributed by atoms with Crippen LogP contribution in [0.1, 0.15) is 77.5 Å². The van der Waals surface area contributed by atoms with E-state index in [1.807, 2.05) is 18.2 Å². The van der Waals surface area contributed by atoms with Gasteiger partial charge in [0, 0.05) is 104 Å². The number of halogens is 2. The van der Waals surface area contributed by atoms with E-state index in [2.05, 4.69) is 151 Å². The van der Waals surface area contributed by atoms with Crippen LogP contribution in [-0.2, 0) is 24.0 Å². The number of methoxy groups -OCH3 is 5. The molecule has 5 amide bonds. The Morgan fingerprint density at radius 1 is 0.355 bits per heavy atom. The molecule has 1 unspecified atom stereocenters. The van der Waals surface area contributed by atoms with Gasteiger partial charge in [-0.2, -0.15) is 33.7 Å². The number of benzene rings is 3. The minimum atomic E-state index is -0.666. The zero-order valence-electron chi connectivity index (χ0n) is 77.9. The summed E-state index contributed by atoms with van der Waals surface area (Å²) < 4.78 is 70.7. The number of Topliss-reactive ketones (excluding diaryl/α,β-unsaturated/α-hetero) is 3. The molecule has 728 valence electrons. The summed E-state index contributed by atoms with van der Waals surface area (Å²) in [6, 6.07) is 34.7. The second-order valence-electron chi connectivity index (χ2n) is 30.2. The number of nitrogens with one attached hydrogen (secondary N) is 9. The largest absolute Gasteiger partial charge is 0.497 e. The maximum atomic E-state index is 14.1. The number of pyridine rings is 4. The van der Waals surface area contributed by atoms with E-state index in [1.165, 1.54) is 85.0 Å². The van der Waals surface area contributed by atoms with Crippen molar-refractivity contribution in [3.05, 3.63) is 269 Å². The number of hydrogen-bond acceptors (Lipinski definition) is 37. The topological polar surface area (TPSA) is 509 Å². The quantitative estimate of drug-likeness (QED) is 0.0132. The molecule has 3 aromatic carbocycles. The van der Waals surface area contributed by atoms with Crippen molar-refractivity contribution in [2.45, 2.75) is 64.7 Å². The molecule has 3 aliphatic heterocycles. The number of carbonyl (C=O) groups is 8. The highest BCUT2D eigenvalue weighted by molar-refractivity contribution is 6.02. The number of ketones is 3. The molecule has 141 heavy (non-hydrogen) atoms. The highest BCUT2D eigenvalue weighted by atomic mass is 19.1. The van der Waals surface area contributed by atoms with Gasteiger partial charge in [0.15, 0.2) is 17.3 Å². The van der Waals surface area contributed by atoms with E-state index in [0.717, 1.165) is 31.3 Å². The second kappa shape index (κ2) is 51.3. The van der Waals surface area contributed by atoms with Crippen LogP contribution in [0.25, 0.3) is 0 Å². The Morgan fingerprint density at radius 2 is 0.709 bits per heavy atom. The van der Waals surface area contributed by atoms with Gasteiger partial charge in [-0.25, -0.2) is 44.9 Å². The number of likely N-dealkylation sites (tertiary alicyclic amines) is 3. The molecule has 0 radical (unpaired) electrons. The van der Waals surface area contributed by atoms with Crippen molar-refractivity contribution >= 4 is 134 Å². The Labute approximate surface area is 808 Å². The number of nitrogens with zero attached hydrogens (tertiary/aromatic N) is 17. The van der Waals surface area contributed by atoms with Crippen LogP contribution in [0.3, 0.4) is 0 Å². The zero-order valence-corrected chi connectivity index (χ0v) is 77.9. The molecule has 44 heteroatoms. The fourth-order valence-corrected chi connectivity index (χ4v) is 13.0. The first kappa shape index (κ1) is 103. The zero-order chi connectivity index (χ0) is 101. The van der Waals surface area contributed by atoms with Crippen LogP contribution in [0.5, 0.6) is 52.7 Å². The predicted octanol–water partition coefficient (Wildman–Crippen LogP) is 14.3. The van der Waals surface area contributed by atoms with Gasteiger partial charge in [0.1, 0.15) is 35.3 Å². The van der Waals surface area contributed by atoms with Crippen molar-refractivity contribution in [2.24, 2.45) is 0 Å². The van der Waals surface area contributed by atoms with Gasteiger partial charge in [0.25, 0.3) is 11.8 Å². The third-order valence-corrected chi connectivity index (χ3v) is 20.1. The molecule has 2 atom stereocenters. The molecule has 3 aliphatic rings. The molecule has 9 aromatic heterocycles. The van der Waals surface area contributed by atoms with Crippen LogP contribution >= 0.6 is 0 Å². The summed E-state index contributed by atoms with van der Waals surface area (Å²) in [5, 5.41) is 26.6. The lowest BCUT2D eigenvalue weighted by atomic mass is 10.1. The lowest BCUT2D eigenvalue weighted by Crippen LogP contribution is -2.56. The van der Waals surface area contributed by atoms with Crippen molar-refractivity contribution in [3.8, 4) is 52.7 Å². The molecule has 3 fully saturated rings. The molecule has 0 bridgehead atoms. The summed E-state index contributed by atoms with van der Waals surface area (Å²) >= 11 is 0. The molecule has 0 saturated carbocycles. The van der Waals surface area contributed by atoms with Crippen molar-refractivity contribution in [2.75, 3.05) is 123 Å². The normalized spacial score (nSPS) is 13.2. The molecule has 0 spiro atoms. The minimum Gasteiger partial charge on any atom is -0.497 e. The van der Waals surface area contributed by atoms with Crippen LogP contribution in [0.15, 0.2) is 240 Å². The maximum Gasteiger partial charge on any atom is 0.255 e. The van der Waals surface area contributed by atoms with Gasteiger partial charge in [0.2, 0.25) is 100 Å². The van der Waals surface area contributed by atoms with Crippen molar-refractivity contribution < 1.29 is 85.0 Å². The van der Waals surface area contributed by atoms with Crippen LogP contribution in [-0.4, -0.2) is 224 Å². The van der Waals surface area contributed by atoms with E-state index >= 15 is 0 Å². The summed E-state index contributed by atoms with van der Waals surface area (Å²) in [5.41, 5.74) is 5.95. The molecular weight excluding hydrogens is 1820 g/mol. The van der Waals surface area contributed by atoms with Crippen molar-refractivity contribution in [3.63, 3.8) is 0 Å². The fourth-order valence-electron chi connectivity index (χ4n) is 13.0. The number of piperidine rings is 2. The minimum absolute atomic E-state index is 0.0115. The van der Waals surface area contributed by atoms with Gasteiger partial charge >= 0.3 is 0 Å². The highest BCUT2D eigenvalue weighted by Gasteiger charge is 2.32. The van der Waals surface area contributed by atoms with E-state index < -0.39 is 11.6 Å². The van der Waals surface area contributed by atoms with Crippen LogP contribution in [0.4, 0.5) is 95.7 Å². The Kier molecular flexibility index (Phi) is 37.5. The van der Waals surface area contributed by atoms with E-state index in [-0.39, 0.29) is 112 Å². The highest BCUT2D eigenvalue weighted by Crippen LogP contribution is 2.33. The van der Waals surface area contributed by atoms with E-state index in [9.17, 15) is 47.1 Å². The summed E-state index contributed by atoms with van der Waals surface area (Å²) in [4.78, 5) is 157. The fraction of sp³-hybridized carbons (Fsp3) is 0.216. The first-order valence-corrected chi connectivity index (χ1v) is 43.2. The van der Waals surface area contributed by atoms with Crippen LogP contribution < -0.4 is 85.7 Å². The molecule has 0 aliphatic carbocycles. The molecular formula is C97H100F2N26O16. The SMILES string of the molecule is C=CC(=O)N1CC(Nc2nc(Nc3ccc(OC)nc3)ncc2C(C)=O)C1.C=CC(=O)N1CCCC(Oc2nc(Nc3ccc(OC)nc3)ncc2F)C1.C=CC(=O)N1CCC[C@@H](Oc2nc(Nc3cccc(OC)c3)ncc2F)C1.C=CC(=O)Nc1cccc(Nc2nc(Nc3ccc(OC)nc3)ncc2C(C)=O)c1.C=CC(=O)Nc1cccc(Oc2nc(Nc3ccc(OC)nc3)ncc2C(C)=O)c1. The van der Waals surface area contributed by atoms with E-state index in [0.29, 0.717) is 161 Å². The molecule has 9 N–H and O–H groups in total.